The molecule has 0 bridgehead atoms. The van der Waals surface area contributed by atoms with Crippen molar-refractivity contribution in [3.8, 4) is 0 Å². The largest absolute Gasteiger partial charge is 0.382 e. The van der Waals surface area contributed by atoms with E-state index < -0.39 is 0 Å². The van der Waals surface area contributed by atoms with Crippen molar-refractivity contribution in [2.24, 2.45) is 0 Å². The van der Waals surface area contributed by atoms with Crippen molar-refractivity contribution >= 4 is 11.6 Å². The third-order valence-corrected chi connectivity index (χ3v) is 3.46. The standard InChI is InChI=1S/C12H16N6O/c13-10-3-6-18(16-10)9-1-4-17(5-2-9)11-7-12(19)15-8-14-11/h3,6-9H,1-2,4-5H2,(H2,13,16)(H,14,15,19). The van der Waals surface area contributed by atoms with Crippen LogP contribution in [-0.4, -0.2) is 32.8 Å². The van der Waals surface area contributed by atoms with Crippen molar-refractivity contribution in [1.29, 1.82) is 0 Å². The van der Waals surface area contributed by atoms with E-state index >= 15 is 0 Å². The molecule has 0 aromatic carbocycles. The van der Waals surface area contributed by atoms with Crippen LogP contribution in [0.1, 0.15) is 18.9 Å². The summed E-state index contributed by atoms with van der Waals surface area (Å²) in [5.41, 5.74) is 5.51. The summed E-state index contributed by atoms with van der Waals surface area (Å²) in [5, 5.41) is 4.25. The second-order valence-electron chi connectivity index (χ2n) is 4.71. The second-order valence-corrected chi connectivity index (χ2v) is 4.71. The van der Waals surface area contributed by atoms with Gasteiger partial charge in [0.15, 0.2) is 0 Å². The van der Waals surface area contributed by atoms with Crippen molar-refractivity contribution in [2.75, 3.05) is 23.7 Å². The number of nitrogens with one attached hydrogen (secondary N) is 1. The Hall–Kier alpha value is -2.31. The molecule has 1 aliphatic rings. The molecular formula is C12H16N6O. The van der Waals surface area contributed by atoms with E-state index in [4.69, 9.17) is 5.73 Å². The number of hydrogen-bond acceptors (Lipinski definition) is 5. The quantitative estimate of drug-likeness (QED) is 0.814. The number of nitrogen functional groups attached to an aromatic ring is 1. The number of anilines is 2. The molecule has 19 heavy (non-hydrogen) atoms. The number of nitrogens with zero attached hydrogens (tertiary/aromatic N) is 4. The molecule has 0 radical (unpaired) electrons. The highest BCUT2D eigenvalue weighted by atomic mass is 16.1. The predicted molar refractivity (Wildman–Crippen MR) is 72.0 cm³/mol. The van der Waals surface area contributed by atoms with Crippen LogP contribution in [0.2, 0.25) is 0 Å². The van der Waals surface area contributed by atoms with E-state index in [9.17, 15) is 4.79 Å². The van der Waals surface area contributed by atoms with Gasteiger partial charge in [0.1, 0.15) is 11.6 Å². The number of hydrogen-bond donors (Lipinski definition) is 2. The lowest BCUT2D eigenvalue weighted by atomic mass is 10.1. The van der Waals surface area contributed by atoms with Gasteiger partial charge < -0.3 is 15.6 Å². The van der Waals surface area contributed by atoms with Gasteiger partial charge in [-0.15, -0.1) is 0 Å². The highest BCUT2D eigenvalue weighted by Crippen LogP contribution is 2.24. The number of piperidine rings is 1. The first-order chi connectivity index (χ1) is 9.22. The third kappa shape index (κ3) is 2.44. The maximum absolute atomic E-state index is 11.3. The van der Waals surface area contributed by atoms with Gasteiger partial charge in [0.2, 0.25) is 0 Å². The Morgan fingerprint density at radius 3 is 2.79 bits per heavy atom. The Morgan fingerprint density at radius 1 is 1.37 bits per heavy atom. The number of H-pyrrole nitrogens is 1. The number of aromatic amines is 1. The van der Waals surface area contributed by atoms with Gasteiger partial charge in [-0.1, -0.05) is 0 Å². The zero-order valence-electron chi connectivity index (χ0n) is 10.5. The topological polar surface area (TPSA) is 92.8 Å². The average molecular weight is 260 g/mol. The molecular weight excluding hydrogens is 244 g/mol. The molecule has 2 aromatic heterocycles. The van der Waals surface area contributed by atoms with Crippen LogP contribution in [0.15, 0.2) is 29.5 Å². The molecule has 0 spiro atoms. The summed E-state index contributed by atoms with van der Waals surface area (Å²) in [6.45, 7) is 1.72. The van der Waals surface area contributed by atoms with Crippen LogP contribution in [-0.2, 0) is 0 Å². The molecule has 100 valence electrons. The fourth-order valence-corrected chi connectivity index (χ4v) is 2.45. The van der Waals surface area contributed by atoms with E-state index in [1.54, 1.807) is 0 Å². The number of nitrogens with two attached hydrogens (primary N) is 1. The summed E-state index contributed by atoms with van der Waals surface area (Å²) in [5.74, 6) is 1.29. The lowest BCUT2D eigenvalue weighted by Gasteiger charge is -2.32. The fraction of sp³-hybridized carbons (Fsp3) is 0.417. The maximum atomic E-state index is 11.3. The summed E-state index contributed by atoms with van der Waals surface area (Å²) in [4.78, 5) is 20.1. The first-order valence-electron chi connectivity index (χ1n) is 6.33. The normalized spacial score (nSPS) is 16.7. The van der Waals surface area contributed by atoms with Gasteiger partial charge in [-0.05, 0) is 18.9 Å². The van der Waals surface area contributed by atoms with Gasteiger partial charge >= 0.3 is 0 Å². The van der Waals surface area contributed by atoms with Gasteiger partial charge in [0.25, 0.3) is 5.56 Å². The summed E-state index contributed by atoms with van der Waals surface area (Å²) >= 11 is 0. The molecule has 2 aromatic rings. The molecule has 0 amide bonds. The Kier molecular flexibility index (Phi) is 2.94. The van der Waals surface area contributed by atoms with E-state index in [-0.39, 0.29) is 5.56 Å². The maximum Gasteiger partial charge on any atom is 0.252 e. The zero-order chi connectivity index (χ0) is 13.2. The molecule has 7 heteroatoms. The van der Waals surface area contributed by atoms with E-state index in [0.717, 1.165) is 31.7 Å². The molecule has 3 heterocycles. The van der Waals surface area contributed by atoms with Crippen LogP contribution < -0.4 is 16.2 Å². The molecule has 0 atom stereocenters. The van der Waals surface area contributed by atoms with Crippen molar-refractivity contribution in [1.82, 2.24) is 19.7 Å². The van der Waals surface area contributed by atoms with Gasteiger partial charge in [-0.25, -0.2) is 4.98 Å². The molecule has 0 unspecified atom stereocenters. The lowest BCUT2D eigenvalue weighted by molar-refractivity contribution is 0.366. The number of aromatic nitrogens is 4. The molecule has 3 rings (SSSR count). The van der Waals surface area contributed by atoms with E-state index in [1.165, 1.54) is 12.4 Å². The Morgan fingerprint density at radius 2 is 2.16 bits per heavy atom. The van der Waals surface area contributed by atoms with Gasteiger partial charge in [0, 0.05) is 25.4 Å². The molecule has 0 saturated carbocycles. The van der Waals surface area contributed by atoms with Crippen molar-refractivity contribution in [3.05, 3.63) is 35.0 Å². The van der Waals surface area contributed by atoms with Crippen LogP contribution in [0.5, 0.6) is 0 Å². The second kappa shape index (κ2) is 4.75. The van der Waals surface area contributed by atoms with Crippen LogP contribution in [0, 0.1) is 0 Å². The van der Waals surface area contributed by atoms with Gasteiger partial charge in [0.05, 0.1) is 12.4 Å². The highest BCUT2D eigenvalue weighted by molar-refractivity contribution is 5.37. The molecule has 1 saturated heterocycles. The Labute approximate surface area is 110 Å². The Balaban J connectivity index is 1.68. The van der Waals surface area contributed by atoms with Crippen LogP contribution in [0.4, 0.5) is 11.6 Å². The van der Waals surface area contributed by atoms with Crippen LogP contribution >= 0.6 is 0 Å². The Bertz CT molecular complexity index is 610. The molecule has 1 fully saturated rings. The molecule has 3 N–H and O–H groups in total. The first-order valence-corrected chi connectivity index (χ1v) is 6.33. The summed E-state index contributed by atoms with van der Waals surface area (Å²) < 4.78 is 1.93. The minimum atomic E-state index is -0.119. The fourth-order valence-electron chi connectivity index (χ4n) is 2.45. The molecule has 1 aliphatic heterocycles. The molecule has 0 aliphatic carbocycles. The highest BCUT2D eigenvalue weighted by Gasteiger charge is 2.21. The van der Waals surface area contributed by atoms with Gasteiger partial charge in [-0.3, -0.25) is 9.48 Å². The smallest absolute Gasteiger partial charge is 0.252 e. The summed E-state index contributed by atoms with van der Waals surface area (Å²) in [7, 11) is 0. The van der Waals surface area contributed by atoms with Gasteiger partial charge in [-0.2, -0.15) is 5.10 Å². The number of rotatable bonds is 2. The third-order valence-electron chi connectivity index (χ3n) is 3.46. The monoisotopic (exact) mass is 260 g/mol. The minimum absolute atomic E-state index is 0.119. The van der Waals surface area contributed by atoms with Crippen molar-refractivity contribution in [2.45, 2.75) is 18.9 Å². The average Bonchev–Trinajstić information content (AvgIpc) is 2.86. The summed E-state index contributed by atoms with van der Waals surface area (Å²) in [6.07, 6.45) is 5.30. The predicted octanol–water partition coefficient (Wildman–Crippen LogP) is 0.390. The first kappa shape index (κ1) is 11.8. The zero-order valence-corrected chi connectivity index (χ0v) is 10.5. The van der Waals surface area contributed by atoms with E-state index in [0.29, 0.717) is 11.9 Å². The van der Waals surface area contributed by atoms with Crippen LogP contribution in [0.3, 0.4) is 0 Å². The van der Waals surface area contributed by atoms with E-state index in [2.05, 4.69) is 20.0 Å². The summed E-state index contributed by atoms with van der Waals surface area (Å²) in [6, 6.07) is 3.72. The lowest BCUT2D eigenvalue weighted by Crippen LogP contribution is -2.35. The molecule has 7 nitrogen and oxygen atoms in total. The van der Waals surface area contributed by atoms with Crippen molar-refractivity contribution in [3.63, 3.8) is 0 Å². The van der Waals surface area contributed by atoms with Crippen LogP contribution in [0.25, 0.3) is 0 Å². The minimum Gasteiger partial charge on any atom is -0.382 e. The van der Waals surface area contributed by atoms with Crippen molar-refractivity contribution < 1.29 is 0 Å². The SMILES string of the molecule is Nc1ccn(C2CCN(c3cc(=O)[nH]cn3)CC2)n1. The van der Waals surface area contributed by atoms with E-state index in [1.807, 2.05) is 16.9 Å².